The molecule has 2 aromatic rings. The van der Waals surface area contributed by atoms with E-state index in [2.05, 4.69) is 48.8 Å². The smallest absolute Gasteiger partial charge is 0.119 e. The number of halogens is 1. The normalized spacial score (nSPS) is 12.3. The van der Waals surface area contributed by atoms with Gasteiger partial charge < -0.3 is 10.5 Å². The molecule has 1 atom stereocenters. The summed E-state index contributed by atoms with van der Waals surface area (Å²) in [6.07, 6.45) is 0. The van der Waals surface area contributed by atoms with Gasteiger partial charge >= 0.3 is 0 Å². The molecule has 0 heterocycles. The molecule has 0 aliphatic heterocycles. The number of methoxy groups -OCH3 is 1. The number of aryl methyl sites for hydroxylation is 3. The van der Waals surface area contributed by atoms with Crippen LogP contribution in [-0.4, -0.2) is 7.11 Å². The molecule has 2 N–H and O–H groups in total. The van der Waals surface area contributed by atoms with Crippen LogP contribution in [0.4, 0.5) is 0 Å². The van der Waals surface area contributed by atoms with Crippen molar-refractivity contribution in [1.29, 1.82) is 0 Å². The largest absolute Gasteiger partial charge is 0.497 e. The first kappa shape index (κ1) is 15.1. The minimum absolute atomic E-state index is 0.119. The van der Waals surface area contributed by atoms with Crippen LogP contribution >= 0.6 is 15.9 Å². The Labute approximate surface area is 129 Å². The van der Waals surface area contributed by atoms with E-state index in [1.54, 1.807) is 7.11 Å². The van der Waals surface area contributed by atoms with Gasteiger partial charge in [0, 0.05) is 4.47 Å². The third kappa shape index (κ3) is 2.89. The first-order valence-electron chi connectivity index (χ1n) is 6.60. The summed E-state index contributed by atoms with van der Waals surface area (Å²) in [4.78, 5) is 0. The van der Waals surface area contributed by atoms with Crippen LogP contribution in [0.1, 0.15) is 33.9 Å². The van der Waals surface area contributed by atoms with E-state index >= 15 is 0 Å². The highest BCUT2D eigenvalue weighted by Gasteiger charge is 2.14. The molecule has 1 unspecified atom stereocenters. The Morgan fingerprint density at radius 3 is 2.10 bits per heavy atom. The monoisotopic (exact) mass is 333 g/mol. The zero-order valence-corrected chi connectivity index (χ0v) is 13.9. The van der Waals surface area contributed by atoms with Gasteiger partial charge in [0.05, 0.1) is 13.2 Å². The van der Waals surface area contributed by atoms with Gasteiger partial charge in [-0.15, -0.1) is 0 Å². The van der Waals surface area contributed by atoms with Crippen LogP contribution in [0.15, 0.2) is 34.8 Å². The molecule has 0 saturated heterocycles. The topological polar surface area (TPSA) is 35.2 Å². The van der Waals surface area contributed by atoms with Crippen molar-refractivity contribution >= 4 is 15.9 Å². The lowest BCUT2D eigenvalue weighted by Crippen LogP contribution is -2.14. The fourth-order valence-electron chi connectivity index (χ4n) is 2.46. The predicted molar refractivity (Wildman–Crippen MR) is 87.4 cm³/mol. The van der Waals surface area contributed by atoms with Crippen LogP contribution in [0.3, 0.4) is 0 Å². The molecule has 0 aliphatic rings. The summed E-state index contributed by atoms with van der Waals surface area (Å²) < 4.78 is 6.40. The second-order valence-corrected chi connectivity index (χ2v) is 5.96. The highest BCUT2D eigenvalue weighted by atomic mass is 79.9. The summed E-state index contributed by atoms with van der Waals surface area (Å²) in [7, 11) is 1.68. The molecule has 106 valence electrons. The molecular formula is C17H20BrNO. The third-order valence-corrected chi connectivity index (χ3v) is 4.88. The molecule has 0 spiro atoms. The predicted octanol–water partition coefficient (Wildman–Crippen LogP) is 4.43. The van der Waals surface area contributed by atoms with Crippen molar-refractivity contribution in [2.24, 2.45) is 5.73 Å². The molecule has 2 aromatic carbocycles. The second kappa shape index (κ2) is 5.98. The van der Waals surface area contributed by atoms with Crippen LogP contribution in [0, 0.1) is 20.8 Å². The quantitative estimate of drug-likeness (QED) is 0.901. The average Bonchev–Trinajstić information content (AvgIpc) is 2.43. The maximum absolute atomic E-state index is 6.44. The molecular weight excluding hydrogens is 314 g/mol. The van der Waals surface area contributed by atoms with E-state index in [1.807, 2.05) is 18.2 Å². The summed E-state index contributed by atoms with van der Waals surface area (Å²) in [5, 5.41) is 0. The SMILES string of the molecule is COc1ccc(C(N)c2cc(C)c(Br)c(C)c2)c(C)c1. The summed E-state index contributed by atoms with van der Waals surface area (Å²) in [6, 6.07) is 10.2. The van der Waals surface area contributed by atoms with E-state index in [0.717, 1.165) is 26.9 Å². The lowest BCUT2D eigenvalue weighted by Gasteiger charge is -2.18. The molecule has 0 radical (unpaired) electrons. The molecule has 2 nitrogen and oxygen atoms in total. The van der Waals surface area contributed by atoms with Crippen molar-refractivity contribution in [3.63, 3.8) is 0 Å². The zero-order chi connectivity index (χ0) is 14.9. The molecule has 0 bridgehead atoms. The molecule has 0 amide bonds. The number of benzene rings is 2. The lowest BCUT2D eigenvalue weighted by molar-refractivity contribution is 0.414. The van der Waals surface area contributed by atoms with Gasteiger partial charge in [-0.1, -0.05) is 34.1 Å². The summed E-state index contributed by atoms with van der Waals surface area (Å²) in [5.41, 5.74) is 12.3. The molecule has 0 saturated carbocycles. The van der Waals surface area contributed by atoms with Crippen molar-refractivity contribution in [2.75, 3.05) is 7.11 Å². The van der Waals surface area contributed by atoms with Gasteiger partial charge in [0.1, 0.15) is 5.75 Å². The number of ether oxygens (including phenoxy) is 1. The van der Waals surface area contributed by atoms with Gasteiger partial charge in [-0.25, -0.2) is 0 Å². The van der Waals surface area contributed by atoms with E-state index < -0.39 is 0 Å². The Kier molecular flexibility index (Phi) is 4.51. The minimum Gasteiger partial charge on any atom is -0.497 e. The second-order valence-electron chi connectivity index (χ2n) is 5.17. The molecule has 0 fully saturated rings. The summed E-state index contributed by atoms with van der Waals surface area (Å²) in [6.45, 7) is 6.25. The Morgan fingerprint density at radius 2 is 1.60 bits per heavy atom. The summed E-state index contributed by atoms with van der Waals surface area (Å²) >= 11 is 3.59. The van der Waals surface area contributed by atoms with Crippen molar-refractivity contribution in [3.05, 3.63) is 62.6 Å². The molecule has 2 rings (SSSR count). The lowest BCUT2D eigenvalue weighted by atomic mass is 9.93. The third-order valence-electron chi connectivity index (χ3n) is 3.63. The number of hydrogen-bond donors (Lipinski definition) is 1. The number of hydrogen-bond acceptors (Lipinski definition) is 2. The Morgan fingerprint density at radius 1 is 1.00 bits per heavy atom. The Balaban J connectivity index is 2.43. The van der Waals surface area contributed by atoms with E-state index in [9.17, 15) is 0 Å². The number of nitrogens with two attached hydrogens (primary N) is 1. The van der Waals surface area contributed by atoms with Crippen LogP contribution in [-0.2, 0) is 0 Å². The maximum atomic E-state index is 6.44. The Bertz CT molecular complexity index is 614. The van der Waals surface area contributed by atoms with Crippen molar-refractivity contribution in [1.82, 2.24) is 0 Å². The van der Waals surface area contributed by atoms with E-state index in [1.165, 1.54) is 11.1 Å². The van der Waals surface area contributed by atoms with Gasteiger partial charge in [-0.3, -0.25) is 0 Å². The average molecular weight is 334 g/mol. The minimum atomic E-state index is -0.119. The van der Waals surface area contributed by atoms with Gasteiger partial charge in [-0.2, -0.15) is 0 Å². The molecule has 3 heteroatoms. The van der Waals surface area contributed by atoms with Crippen LogP contribution in [0.2, 0.25) is 0 Å². The van der Waals surface area contributed by atoms with Crippen LogP contribution < -0.4 is 10.5 Å². The first-order valence-corrected chi connectivity index (χ1v) is 7.40. The van der Waals surface area contributed by atoms with Gasteiger partial charge in [0.25, 0.3) is 0 Å². The highest BCUT2D eigenvalue weighted by molar-refractivity contribution is 9.10. The fraction of sp³-hybridized carbons (Fsp3) is 0.294. The molecule has 0 aromatic heterocycles. The van der Waals surface area contributed by atoms with E-state index in [4.69, 9.17) is 10.5 Å². The Hall–Kier alpha value is -1.32. The van der Waals surface area contributed by atoms with Gasteiger partial charge in [0.2, 0.25) is 0 Å². The molecule has 20 heavy (non-hydrogen) atoms. The number of rotatable bonds is 3. The van der Waals surface area contributed by atoms with Crippen molar-refractivity contribution in [2.45, 2.75) is 26.8 Å². The fourth-order valence-corrected chi connectivity index (χ4v) is 2.69. The van der Waals surface area contributed by atoms with Crippen LogP contribution in [0.5, 0.6) is 5.75 Å². The van der Waals surface area contributed by atoms with Crippen LogP contribution in [0.25, 0.3) is 0 Å². The van der Waals surface area contributed by atoms with Crippen molar-refractivity contribution < 1.29 is 4.74 Å². The maximum Gasteiger partial charge on any atom is 0.119 e. The van der Waals surface area contributed by atoms with E-state index in [-0.39, 0.29) is 6.04 Å². The molecule has 0 aliphatic carbocycles. The van der Waals surface area contributed by atoms with Gasteiger partial charge in [-0.05, 0) is 60.7 Å². The van der Waals surface area contributed by atoms with Gasteiger partial charge in [0.15, 0.2) is 0 Å². The standard InChI is InChI=1S/C17H20BrNO/c1-10-9-14(20-4)5-6-15(10)17(19)13-7-11(2)16(18)12(3)8-13/h5-9,17H,19H2,1-4H3. The highest BCUT2D eigenvalue weighted by Crippen LogP contribution is 2.30. The first-order chi connectivity index (χ1) is 9.43. The van der Waals surface area contributed by atoms with E-state index in [0.29, 0.717) is 0 Å². The van der Waals surface area contributed by atoms with Crippen molar-refractivity contribution in [3.8, 4) is 5.75 Å². The summed E-state index contributed by atoms with van der Waals surface area (Å²) in [5.74, 6) is 0.863. The zero-order valence-electron chi connectivity index (χ0n) is 12.3.